The summed E-state index contributed by atoms with van der Waals surface area (Å²) in [5, 5.41) is 18.4. The summed E-state index contributed by atoms with van der Waals surface area (Å²) in [5.74, 6) is 5.78. The lowest BCUT2D eigenvalue weighted by Gasteiger charge is -2.36. The van der Waals surface area contributed by atoms with Crippen molar-refractivity contribution in [3.8, 4) is 0 Å². The van der Waals surface area contributed by atoms with Gasteiger partial charge in [0.15, 0.2) is 0 Å². The summed E-state index contributed by atoms with van der Waals surface area (Å²) in [4.78, 5) is 4.60. The number of allylic oxidation sites excluding steroid dienone is 1. The van der Waals surface area contributed by atoms with Crippen molar-refractivity contribution in [3.63, 3.8) is 0 Å². The second-order valence-electron chi connectivity index (χ2n) is 5.98. The van der Waals surface area contributed by atoms with Crippen molar-refractivity contribution in [3.05, 3.63) is 52.7 Å². The standard InChI is InChI=1S/C15H17ClN6O/c16-11-8-21(17)9-12-14(11)19-20-22(12)7-10-3-1-4-13(18-10)15(23)5-2-6-15/h1,3-4,8-9,20,23H,2,5-7,17H2. The van der Waals surface area contributed by atoms with Crippen LogP contribution in [0.25, 0.3) is 0 Å². The van der Waals surface area contributed by atoms with Gasteiger partial charge in [-0.05, 0) is 31.4 Å². The van der Waals surface area contributed by atoms with Gasteiger partial charge >= 0.3 is 0 Å². The second kappa shape index (κ2) is 5.23. The molecule has 23 heavy (non-hydrogen) atoms. The molecule has 0 aromatic carbocycles. The molecule has 0 saturated heterocycles. The van der Waals surface area contributed by atoms with Gasteiger partial charge in [0.25, 0.3) is 0 Å². The Morgan fingerprint density at radius 1 is 1.35 bits per heavy atom. The zero-order valence-electron chi connectivity index (χ0n) is 12.4. The molecule has 4 N–H and O–H groups in total. The average Bonchev–Trinajstić information content (AvgIpc) is 2.88. The number of hydrazone groups is 1. The summed E-state index contributed by atoms with van der Waals surface area (Å²) >= 11 is 6.14. The number of hydrazine groups is 2. The van der Waals surface area contributed by atoms with Crippen molar-refractivity contribution in [1.29, 1.82) is 0 Å². The maximum absolute atomic E-state index is 10.4. The Morgan fingerprint density at radius 2 is 2.17 bits per heavy atom. The van der Waals surface area contributed by atoms with E-state index >= 15 is 0 Å². The third kappa shape index (κ3) is 2.46. The first-order chi connectivity index (χ1) is 11.0. The molecule has 0 amide bonds. The molecule has 0 unspecified atom stereocenters. The van der Waals surface area contributed by atoms with Gasteiger partial charge in [0.2, 0.25) is 0 Å². The summed E-state index contributed by atoms with van der Waals surface area (Å²) in [7, 11) is 0. The van der Waals surface area contributed by atoms with Crippen molar-refractivity contribution in [2.75, 3.05) is 0 Å². The van der Waals surface area contributed by atoms with Crippen LogP contribution in [0.2, 0.25) is 0 Å². The lowest BCUT2D eigenvalue weighted by Crippen LogP contribution is -2.36. The van der Waals surface area contributed by atoms with Crippen LogP contribution in [0, 0.1) is 0 Å². The number of aromatic nitrogens is 1. The molecule has 120 valence electrons. The number of fused-ring (bicyclic) bond motifs is 1. The van der Waals surface area contributed by atoms with Gasteiger partial charge < -0.3 is 5.11 Å². The van der Waals surface area contributed by atoms with Crippen molar-refractivity contribution in [1.82, 2.24) is 20.5 Å². The maximum atomic E-state index is 10.4. The topological polar surface area (TPSA) is 90.0 Å². The van der Waals surface area contributed by atoms with Crippen LogP contribution in [0.4, 0.5) is 0 Å². The number of hydrogen-bond acceptors (Lipinski definition) is 7. The van der Waals surface area contributed by atoms with Crippen molar-refractivity contribution in [2.24, 2.45) is 10.9 Å². The number of rotatable bonds is 3. The summed E-state index contributed by atoms with van der Waals surface area (Å²) in [5.41, 5.74) is 5.17. The Bertz CT molecular complexity index is 739. The molecule has 1 aliphatic carbocycles. The molecule has 0 bridgehead atoms. The second-order valence-corrected chi connectivity index (χ2v) is 6.39. The Labute approximate surface area is 138 Å². The molecule has 3 aliphatic rings. The highest BCUT2D eigenvalue weighted by molar-refractivity contribution is 6.46. The molecular weight excluding hydrogens is 316 g/mol. The van der Waals surface area contributed by atoms with Gasteiger partial charge in [0.1, 0.15) is 17.0 Å². The number of halogens is 1. The smallest absolute Gasteiger partial charge is 0.132 e. The Balaban J connectivity index is 1.55. The fourth-order valence-electron chi connectivity index (χ4n) is 2.90. The number of nitrogens with one attached hydrogen (secondary N) is 1. The lowest BCUT2D eigenvalue weighted by molar-refractivity contribution is -0.0428. The number of aliphatic hydroxyl groups is 1. The van der Waals surface area contributed by atoms with Crippen LogP contribution in [-0.2, 0) is 12.1 Å². The number of hydrogen-bond donors (Lipinski definition) is 3. The van der Waals surface area contributed by atoms with E-state index in [0.29, 0.717) is 17.3 Å². The first kappa shape index (κ1) is 14.5. The Hall–Kier alpha value is -2.09. The Kier molecular flexibility index (Phi) is 3.29. The molecule has 1 saturated carbocycles. The highest BCUT2D eigenvalue weighted by atomic mass is 35.5. The predicted molar refractivity (Wildman–Crippen MR) is 86.1 cm³/mol. The normalized spacial score (nSPS) is 21.8. The third-order valence-electron chi connectivity index (χ3n) is 4.36. The van der Waals surface area contributed by atoms with Crippen LogP contribution in [0.15, 0.2) is 46.4 Å². The molecule has 7 nitrogen and oxygen atoms in total. The summed E-state index contributed by atoms with van der Waals surface area (Å²) in [6.45, 7) is 0.487. The van der Waals surface area contributed by atoms with Gasteiger partial charge in [-0.25, -0.2) is 11.4 Å². The van der Waals surface area contributed by atoms with E-state index in [1.807, 2.05) is 23.2 Å². The largest absolute Gasteiger partial charge is 0.384 e. The van der Waals surface area contributed by atoms with Gasteiger partial charge in [0, 0.05) is 12.4 Å². The van der Waals surface area contributed by atoms with E-state index in [0.717, 1.165) is 36.3 Å². The summed E-state index contributed by atoms with van der Waals surface area (Å²) < 4.78 is 0. The summed E-state index contributed by atoms with van der Waals surface area (Å²) in [6, 6.07) is 5.72. The fourth-order valence-corrected chi connectivity index (χ4v) is 3.16. The van der Waals surface area contributed by atoms with Gasteiger partial charge in [-0.15, -0.1) is 0 Å². The summed E-state index contributed by atoms with van der Waals surface area (Å²) in [6.07, 6.45) is 5.92. The minimum Gasteiger partial charge on any atom is -0.384 e. The van der Waals surface area contributed by atoms with Crippen LogP contribution in [0.3, 0.4) is 0 Å². The van der Waals surface area contributed by atoms with Crippen LogP contribution in [0.1, 0.15) is 30.7 Å². The van der Waals surface area contributed by atoms with E-state index in [2.05, 4.69) is 15.6 Å². The van der Waals surface area contributed by atoms with E-state index in [1.165, 1.54) is 5.01 Å². The number of nitrogens with two attached hydrogens (primary N) is 1. The first-order valence-electron chi connectivity index (χ1n) is 7.48. The zero-order chi connectivity index (χ0) is 16.0. The van der Waals surface area contributed by atoms with E-state index in [-0.39, 0.29) is 0 Å². The average molecular weight is 333 g/mol. The monoisotopic (exact) mass is 332 g/mol. The molecule has 1 aromatic heterocycles. The Morgan fingerprint density at radius 3 is 2.91 bits per heavy atom. The van der Waals surface area contributed by atoms with Crippen LogP contribution < -0.4 is 11.4 Å². The molecule has 3 heterocycles. The van der Waals surface area contributed by atoms with Gasteiger partial charge in [-0.1, -0.05) is 17.7 Å². The number of nitrogens with zero attached hydrogens (tertiary/aromatic N) is 4. The van der Waals surface area contributed by atoms with E-state index < -0.39 is 5.60 Å². The molecule has 0 atom stereocenters. The molecule has 1 aromatic rings. The highest BCUT2D eigenvalue weighted by Gasteiger charge is 2.37. The van der Waals surface area contributed by atoms with Gasteiger partial charge in [-0.3, -0.25) is 15.0 Å². The van der Waals surface area contributed by atoms with Gasteiger partial charge in [-0.2, -0.15) is 5.10 Å². The molecular formula is C15H17ClN6O. The molecule has 0 spiro atoms. The van der Waals surface area contributed by atoms with Gasteiger partial charge in [0.05, 0.1) is 23.0 Å². The first-order valence-corrected chi connectivity index (χ1v) is 7.86. The molecule has 1 fully saturated rings. The lowest BCUT2D eigenvalue weighted by atomic mass is 9.77. The van der Waals surface area contributed by atoms with E-state index in [4.69, 9.17) is 17.4 Å². The zero-order valence-corrected chi connectivity index (χ0v) is 13.2. The number of pyridine rings is 1. The molecule has 2 aliphatic heterocycles. The molecule has 4 rings (SSSR count). The highest BCUT2D eigenvalue weighted by Crippen LogP contribution is 2.40. The third-order valence-corrected chi connectivity index (χ3v) is 4.64. The maximum Gasteiger partial charge on any atom is 0.132 e. The molecule has 0 radical (unpaired) electrons. The SMILES string of the molecule is NN1C=C(Cl)C2=NNN(Cc3cccc(C4(O)CCC4)n3)C2=C1. The fraction of sp³-hybridized carbons (Fsp3) is 0.333. The van der Waals surface area contributed by atoms with E-state index in [9.17, 15) is 5.11 Å². The van der Waals surface area contributed by atoms with Crippen LogP contribution in [-0.4, -0.2) is 25.8 Å². The van der Waals surface area contributed by atoms with Crippen LogP contribution >= 0.6 is 11.6 Å². The minimum atomic E-state index is -0.764. The van der Waals surface area contributed by atoms with Crippen molar-refractivity contribution >= 4 is 17.3 Å². The quantitative estimate of drug-likeness (QED) is 0.722. The van der Waals surface area contributed by atoms with Crippen molar-refractivity contribution < 1.29 is 5.11 Å². The minimum absolute atomic E-state index is 0.477. The molecule has 8 heteroatoms. The predicted octanol–water partition coefficient (Wildman–Crippen LogP) is 1.24. The van der Waals surface area contributed by atoms with E-state index in [1.54, 1.807) is 12.4 Å². The van der Waals surface area contributed by atoms with Crippen molar-refractivity contribution in [2.45, 2.75) is 31.4 Å². The van der Waals surface area contributed by atoms with Crippen LogP contribution in [0.5, 0.6) is 0 Å².